The number of thiophene rings is 1. The summed E-state index contributed by atoms with van der Waals surface area (Å²) in [4.78, 5) is 25.6. The van der Waals surface area contributed by atoms with Crippen molar-refractivity contribution >= 4 is 39.1 Å². The fraction of sp³-hybridized carbons (Fsp3) is 0.500. The molecule has 0 aliphatic heterocycles. The third kappa shape index (κ3) is 4.78. The Bertz CT molecular complexity index is 431. The molecule has 1 aromatic rings. The summed E-state index contributed by atoms with van der Waals surface area (Å²) in [6, 6.07) is 3.57. The highest BCUT2D eigenvalue weighted by Crippen LogP contribution is 2.22. The fourth-order valence-electron chi connectivity index (χ4n) is 1.28. The molecule has 0 unspecified atom stereocenters. The van der Waals surface area contributed by atoms with E-state index in [-0.39, 0.29) is 18.4 Å². The molecule has 1 aromatic heterocycles. The molecule has 0 aliphatic rings. The molecule has 6 heteroatoms. The number of rotatable bonds is 5. The standard InChI is InChI=1S/C12H17BrN2O2S/c1-8(2)6-14-11(16)7-15(3)12(17)9-4-5-10(13)18-9/h4-5,8H,6-7H2,1-3H3,(H,14,16). The summed E-state index contributed by atoms with van der Waals surface area (Å²) in [5, 5.41) is 2.79. The van der Waals surface area contributed by atoms with Crippen LogP contribution < -0.4 is 5.32 Å². The van der Waals surface area contributed by atoms with Crippen LogP contribution in [0.4, 0.5) is 0 Å². The Hall–Kier alpha value is -0.880. The lowest BCUT2D eigenvalue weighted by atomic mass is 10.2. The average Bonchev–Trinajstić information content (AvgIpc) is 2.72. The zero-order valence-corrected chi connectivity index (χ0v) is 13.1. The van der Waals surface area contributed by atoms with E-state index in [1.54, 1.807) is 13.1 Å². The summed E-state index contributed by atoms with van der Waals surface area (Å²) in [5.41, 5.74) is 0. The number of hydrogen-bond acceptors (Lipinski definition) is 3. The van der Waals surface area contributed by atoms with Crippen molar-refractivity contribution in [1.29, 1.82) is 0 Å². The van der Waals surface area contributed by atoms with E-state index in [9.17, 15) is 9.59 Å². The van der Waals surface area contributed by atoms with Gasteiger partial charge in [-0.05, 0) is 34.0 Å². The van der Waals surface area contributed by atoms with Gasteiger partial charge in [0.2, 0.25) is 5.91 Å². The van der Waals surface area contributed by atoms with Gasteiger partial charge in [0, 0.05) is 13.6 Å². The SMILES string of the molecule is CC(C)CNC(=O)CN(C)C(=O)c1ccc(Br)s1. The Morgan fingerprint density at radius 3 is 2.61 bits per heavy atom. The van der Waals surface area contributed by atoms with Gasteiger partial charge in [-0.3, -0.25) is 9.59 Å². The predicted octanol–water partition coefficient (Wildman–Crippen LogP) is 2.35. The minimum atomic E-state index is -0.134. The van der Waals surface area contributed by atoms with Gasteiger partial charge in [-0.15, -0.1) is 11.3 Å². The van der Waals surface area contributed by atoms with Gasteiger partial charge in [-0.1, -0.05) is 13.8 Å². The second-order valence-corrected chi connectivity index (χ2v) is 6.93. The molecule has 18 heavy (non-hydrogen) atoms. The minimum absolute atomic E-state index is 0.0844. The van der Waals surface area contributed by atoms with Crippen molar-refractivity contribution in [2.75, 3.05) is 20.1 Å². The van der Waals surface area contributed by atoms with Crippen molar-refractivity contribution in [2.24, 2.45) is 5.92 Å². The van der Waals surface area contributed by atoms with E-state index in [1.807, 2.05) is 19.9 Å². The van der Waals surface area contributed by atoms with Gasteiger partial charge in [-0.25, -0.2) is 0 Å². The molecule has 4 nitrogen and oxygen atoms in total. The van der Waals surface area contributed by atoms with Gasteiger partial charge < -0.3 is 10.2 Å². The zero-order chi connectivity index (χ0) is 13.7. The number of carbonyl (C=O) groups excluding carboxylic acids is 2. The van der Waals surface area contributed by atoms with E-state index >= 15 is 0 Å². The van der Waals surface area contributed by atoms with Crippen LogP contribution in [0.15, 0.2) is 15.9 Å². The van der Waals surface area contributed by atoms with Gasteiger partial charge >= 0.3 is 0 Å². The summed E-state index contributed by atoms with van der Waals surface area (Å²) < 4.78 is 0.906. The Morgan fingerprint density at radius 1 is 1.44 bits per heavy atom. The third-order valence-corrected chi connectivity index (χ3v) is 3.83. The summed E-state index contributed by atoms with van der Waals surface area (Å²) in [6.07, 6.45) is 0. The molecule has 0 atom stereocenters. The van der Waals surface area contributed by atoms with Gasteiger partial charge in [-0.2, -0.15) is 0 Å². The molecule has 0 fully saturated rings. The number of hydrogen-bond donors (Lipinski definition) is 1. The lowest BCUT2D eigenvalue weighted by molar-refractivity contribution is -0.121. The van der Waals surface area contributed by atoms with E-state index in [4.69, 9.17) is 0 Å². The van der Waals surface area contributed by atoms with Crippen LogP contribution in [0, 0.1) is 5.92 Å². The zero-order valence-electron chi connectivity index (χ0n) is 10.7. The number of halogens is 1. The summed E-state index contributed by atoms with van der Waals surface area (Å²) in [6.45, 7) is 4.77. The fourth-order valence-corrected chi connectivity index (χ4v) is 2.66. The summed E-state index contributed by atoms with van der Waals surface area (Å²) >= 11 is 4.67. The molecular formula is C12H17BrN2O2S. The van der Waals surface area contributed by atoms with Crippen LogP contribution in [-0.4, -0.2) is 36.9 Å². The normalized spacial score (nSPS) is 10.5. The number of nitrogens with one attached hydrogen (secondary N) is 1. The Kier molecular flexibility index (Phi) is 5.81. The molecule has 1 heterocycles. The number of amides is 2. The first kappa shape index (κ1) is 15.2. The maximum absolute atomic E-state index is 12.0. The Balaban J connectivity index is 2.47. The maximum atomic E-state index is 12.0. The van der Waals surface area contributed by atoms with Crippen molar-refractivity contribution in [3.8, 4) is 0 Å². The lowest BCUT2D eigenvalue weighted by Gasteiger charge is -2.16. The second-order valence-electron chi connectivity index (χ2n) is 4.46. The van der Waals surface area contributed by atoms with Gasteiger partial charge in [0.1, 0.15) is 0 Å². The van der Waals surface area contributed by atoms with E-state index in [0.717, 1.165) is 3.79 Å². The number of likely N-dealkylation sites (N-methyl/N-ethyl adjacent to an activating group) is 1. The maximum Gasteiger partial charge on any atom is 0.264 e. The molecule has 0 aliphatic carbocycles. The lowest BCUT2D eigenvalue weighted by Crippen LogP contribution is -2.39. The van der Waals surface area contributed by atoms with Crippen LogP contribution in [0.3, 0.4) is 0 Å². The van der Waals surface area contributed by atoms with E-state index in [2.05, 4.69) is 21.2 Å². The van der Waals surface area contributed by atoms with E-state index < -0.39 is 0 Å². The Morgan fingerprint density at radius 2 is 2.11 bits per heavy atom. The molecule has 2 amide bonds. The third-order valence-electron chi connectivity index (χ3n) is 2.22. The molecular weight excluding hydrogens is 316 g/mol. The highest BCUT2D eigenvalue weighted by atomic mass is 79.9. The Labute approximate surface area is 119 Å². The molecule has 1 rings (SSSR count). The quantitative estimate of drug-likeness (QED) is 0.899. The topological polar surface area (TPSA) is 49.4 Å². The van der Waals surface area contributed by atoms with Crippen molar-refractivity contribution in [3.05, 3.63) is 20.8 Å². The number of nitrogens with zero attached hydrogens (tertiary/aromatic N) is 1. The summed E-state index contributed by atoms with van der Waals surface area (Å²) in [7, 11) is 1.63. The van der Waals surface area contributed by atoms with Crippen LogP contribution in [0.1, 0.15) is 23.5 Å². The molecule has 100 valence electrons. The van der Waals surface area contributed by atoms with Crippen LogP contribution in [0.5, 0.6) is 0 Å². The summed E-state index contributed by atoms with van der Waals surface area (Å²) in [5.74, 6) is 0.142. The minimum Gasteiger partial charge on any atom is -0.354 e. The second kappa shape index (κ2) is 6.89. The first-order valence-corrected chi connectivity index (χ1v) is 7.28. The monoisotopic (exact) mass is 332 g/mol. The molecule has 0 bridgehead atoms. The van der Waals surface area contributed by atoms with Crippen molar-refractivity contribution in [3.63, 3.8) is 0 Å². The van der Waals surface area contributed by atoms with Crippen LogP contribution in [0.25, 0.3) is 0 Å². The first-order chi connectivity index (χ1) is 8.40. The van der Waals surface area contributed by atoms with Crippen LogP contribution >= 0.6 is 27.3 Å². The van der Waals surface area contributed by atoms with Gasteiger partial charge in [0.25, 0.3) is 5.91 Å². The highest BCUT2D eigenvalue weighted by Gasteiger charge is 2.16. The largest absolute Gasteiger partial charge is 0.354 e. The number of carbonyl (C=O) groups is 2. The van der Waals surface area contributed by atoms with Crippen molar-refractivity contribution in [1.82, 2.24) is 10.2 Å². The van der Waals surface area contributed by atoms with E-state index in [1.165, 1.54) is 16.2 Å². The molecule has 0 radical (unpaired) electrons. The molecule has 0 spiro atoms. The van der Waals surface area contributed by atoms with Crippen molar-refractivity contribution < 1.29 is 9.59 Å². The highest BCUT2D eigenvalue weighted by molar-refractivity contribution is 9.11. The molecule has 0 aromatic carbocycles. The molecule has 0 saturated heterocycles. The molecule has 1 N–H and O–H groups in total. The average molecular weight is 333 g/mol. The van der Waals surface area contributed by atoms with Gasteiger partial charge in [0.15, 0.2) is 0 Å². The van der Waals surface area contributed by atoms with Crippen molar-refractivity contribution in [2.45, 2.75) is 13.8 Å². The van der Waals surface area contributed by atoms with Crippen LogP contribution in [-0.2, 0) is 4.79 Å². The predicted molar refractivity (Wildman–Crippen MR) is 76.8 cm³/mol. The van der Waals surface area contributed by atoms with Crippen LogP contribution in [0.2, 0.25) is 0 Å². The molecule has 0 saturated carbocycles. The first-order valence-electron chi connectivity index (χ1n) is 5.67. The van der Waals surface area contributed by atoms with Gasteiger partial charge in [0.05, 0.1) is 15.2 Å². The van der Waals surface area contributed by atoms with E-state index in [0.29, 0.717) is 17.3 Å². The smallest absolute Gasteiger partial charge is 0.264 e.